The van der Waals surface area contributed by atoms with Crippen LogP contribution in [0.15, 0.2) is 47.1 Å². The first kappa shape index (κ1) is 21.7. The van der Waals surface area contributed by atoms with Crippen LogP contribution in [0.4, 0.5) is 10.6 Å². The number of nitrogens with one attached hydrogen (secondary N) is 2. The van der Waals surface area contributed by atoms with Crippen LogP contribution in [0.2, 0.25) is 0 Å². The van der Waals surface area contributed by atoms with Gasteiger partial charge in [0.05, 0.1) is 0 Å². The van der Waals surface area contributed by atoms with E-state index in [-0.39, 0.29) is 18.2 Å². The highest BCUT2D eigenvalue weighted by Crippen LogP contribution is 2.17. The van der Waals surface area contributed by atoms with Gasteiger partial charge in [0.1, 0.15) is 22.6 Å². The molecule has 1 atom stereocenters. The van der Waals surface area contributed by atoms with Gasteiger partial charge in [0.25, 0.3) is 0 Å². The number of amides is 1. The molecule has 0 bridgehead atoms. The van der Waals surface area contributed by atoms with Crippen LogP contribution in [-0.2, 0) is 11.3 Å². The summed E-state index contributed by atoms with van der Waals surface area (Å²) in [6, 6.07) is 12.6. The monoisotopic (exact) mass is 449 g/mol. The summed E-state index contributed by atoms with van der Waals surface area (Å²) in [7, 11) is 0. The molecule has 0 saturated heterocycles. The lowest BCUT2D eigenvalue weighted by Crippen LogP contribution is -2.33. The molecule has 1 aromatic carbocycles. The van der Waals surface area contributed by atoms with E-state index in [9.17, 15) is 14.7 Å². The number of alkyl carbamates (subject to hydrolysis) is 1. The van der Waals surface area contributed by atoms with Crippen LogP contribution in [-0.4, -0.2) is 34.7 Å². The topological polar surface area (TPSA) is 101 Å². The third kappa shape index (κ3) is 7.56. The maximum atomic E-state index is 11.8. The van der Waals surface area contributed by atoms with Gasteiger partial charge in [0.2, 0.25) is 0 Å². The quantitative estimate of drug-likeness (QED) is 0.366. The molecule has 0 aliphatic carbocycles. The SMILES string of the molecule is CC(CCCCNc1nc(Br)ccc1C(=O)O)NC(=O)OCc1ccccc1. The summed E-state index contributed by atoms with van der Waals surface area (Å²) < 4.78 is 5.78. The zero-order valence-electron chi connectivity index (χ0n) is 15.7. The molecule has 1 unspecified atom stereocenters. The van der Waals surface area contributed by atoms with E-state index in [1.165, 1.54) is 6.07 Å². The Morgan fingerprint density at radius 2 is 1.93 bits per heavy atom. The second-order valence-electron chi connectivity index (χ2n) is 6.36. The molecule has 3 N–H and O–H groups in total. The number of carboxylic acids is 1. The Hall–Kier alpha value is -2.61. The van der Waals surface area contributed by atoms with E-state index in [2.05, 4.69) is 31.5 Å². The van der Waals surface area contributed by atoms with Crippen molar-refractivity contribution in [3.05, 3.63) is 58.2 Å². The van der Waals surface area contributed by atoms with Gasteiger partial charge in [-0.1, -0.05) is 30.3 Å². The average Bonchev–Trinajstić information content (AvgIpc) is 2.66. The Morgan fingerprint density at radius 3 is 2.64 bits per heavy atom. The number of hydrogen-bond donors (Lipinski definition) is 3. The lowest BCUT2D eigenvalue weighted by atomic mass is 10.1. The zero-order chi connectivity index (χ0) is 20.4. The highest BCUT2D eigenvalue weighted by atomic mass is 79.9. The molecular formula is C20H24BrN3O4. The molecule has 8 heteroatoms. The summed E-state index contributed by atoms with van der Waals surface area (Å²) in [6.45, 7) is 2.76. The number of anilines is 1. The van der Waals surface area contributed by atoms with Crippen LogP contribution >= 0.6 is 15.9 Å². The minimum absolute atomic E-state index is 0.0122. The van der Waals surface area contributed by atoms with Crippen LogP contribution < -0.4 is 10.6 Å². The van der Waals surface area contributed by atoms with Gasteiger partial charge < -0.3 is 20.5 Å². The van der Waals surface area contributed by atoms with Crippen LogP contribution in [0.3, 0.4) is 0 Å². The van der Waals surface area contributed by atoms with Gasteiger partial charge in [-0.25, -0.2) is 14.6 Å². The van der Waals surface area contributed by atoms with Gasteiger partial charge in [0.15, 0.2) is 0 Å². The number of aromatic nitrogens is 1. The molecule has 0 saturated carbocycles. The molecule has 28 heavy (non-hydrogen) atoms. The second-order valence-corrected chi connectivity index (χ2v) is 7.18. The second kappa shape index (κ2) is 11.3. The number of hydrogen-bond acceptors (Lipinski definition) is 5. The third-order valence-electron chi connectivity index (χ3n) is 4.03. The summed E-state index contributed by atoms with van der Waals surface area (Å²) in [5.41, 5.74) is 1.08. The number of nitrogens with zero attached hydrogens (tertiary/aromatic N) is 1. The van der Waals surface area contributed by atoms with Gasteiger partial charge >= 0.3 is 12.1 Å². The average molecular weight is 450 g/mol. The predicted molar refractivity (Wildman–Crippen MR) is 110 cm³/mol. The Bertz CT molecular complexity index is 786. The van der Waals surface area contributed by atoms with Crippen molar-refractivity contribution in [3.63, 3.8) is 0 Å². The first-order chi connectivity index (χ1) is 13.5. The van der Waals surface area contributed by atoms with Crippen molar-refractivity contribution in [2.24, 2.45) is 0 Å². The first-order valence-corrected chi connectivity index (χ1v) is 9.86. The van der Waals surface area contributed by atoms with Crippen molar-refractivity contribution in [2.45, 2.75) is 38.8 Å². The van der Waals surface area contributed by atoms with Crippen molar-refractivity contribution in [3.8, 4) is 0 Å². The molecule has 7 nitrogen and oxygen atoms in total. The molecule has 0 radical (unpaired) electrons. The Balaban J connectivity index is 1.63. The highest BCUT2D eigenvalue weighted by Gasteiger charge is 2.12. The number of rotatable bonds is 10. The predicted octanol–water partition coefficient (Wildman–Crippen LogP) is 4.44. The number of pyridine rings is 1. The number of aromatic carboxylic acids is 1. The zero-order valence-corrected chi connectivity index (χ0v) is 17.2. The fourth-order valence-corrected chi connectivity index (χ4v) is 2.87. The number of halogens is 1. The maximum absolute atomic E-state index is 11.8. The number of benzene rings is 1. The van der Waals surface area contributed by atoms with Gasteiger partial charge in [-0.05, 0) is 59.8 Å². The van der Waals surface area contributed by atoms with Crippen molar-refractivity contribution < 1.29 is 19.4 Å². The largest absolute Gasteiger partial charge is 0.478 e. The van der Waals surface area contributed by atoms with Crippen molar-refractivity contribution in [1.29, 1.82) is 0 Å². The number of carboxylic acid groups (broad SMARTS) is 1. The van der Waals surface area contributed by atoms with Crippen molar-refractivity contribution in [2.75, 3.05) is 11.9 Å². The van der Waals surface area contributed by atoms with Crippen molar-refractivity contribution >= 4 is 33.8 Å². The smallest absolute Gasteiger partial charge is 0.407 e. The van der Waals surface area contributed by atoms with Gasteiger partial charge in [-0.15, -0.1) is 0 Å². The number of carbonyl (C=O) groups excluding carboxylic acids is 1. The van der Waals surface area contributed by atoms with Gasteiger partial charge in [-0.3, -0.25) is 0 Å². The van der Waals surface area contributed by atoms with Crippen LogP contribution in [0.1, 0.15) is 42.1 Å². The summed E-state index contributed by atoms with van der Waals surface area (Å²) in [4.78, 5) is 27.2. The van der Waals surface area contributed by atoms with Gasteiger partial charge in [0, 0.05) is 12.6 Å². The summed E-state index contributed by atoms with van der Waals surface area (Å²) >= 11 is 3.24. The lowest BCUT2D eigenvalue weighted by molar-refractivity contribution is 0.0697. The fourth-order valence-electron chi connectivity index (χ4n) is 2.56. The van der Waals surface area contributed by atoms with Gasteiger partial charge in [-0.2, -0.15) is 0 Å². The van der Waals surface area contributed by atoms with E-state index in [4.69, 9.17) is 4.74 Å². The molecule has 2 aromatic rings. The molecular weight excluding hydrogens is 426 g/mol. The molecule has 0 aliphatic rings. The van der Waals surface area contributed by atoms with E-state index in [0.717, 1.165) is 24.8 Å². The normalized spacial score (nSPS) is 11.5. The van der Waals surface area contributed by atoms with Crippen LogP contribution in [0.5, 0.6) is 0 Å². The molecule has 2 rings (SSSR count). The Morgan fingerprint density at radius 1 is 1.18 bits per heavy atom. The lowest BCUT2D eigenvalue weighted by Gasteiger charge is -2.14. The molecule has 1 heterocycles. The molecule has 0 spiro atoms. The van der Waals surface area contributed by atoms with Crippen LogP contribution in [0.25, 0.3) is 0 Å². The summed E-state index contributed by atoms with van der Waals surface area (Å²) in [5.74, 6) is -0.674. The number of ether oxygens (including phenoxy) is 1. The van der Waals surface area contributed by atoms with Crippen molar-refractivity contribution in [1.82, 2.24) is 10.3 Å². The van der Waals surface area contributed by atoms with E-state index < -0.39 is 12.1 Å². The Labute approximate surface area is 172 Å². The maximum Gasteiger partial charge on any atom is 0.407 e. The van der Waals surface area contributed by atoms with E-state index in [1.807, 2.05) is 37.3 Å². The van der Waals surface area contributed by atoms with E-state index >= 15 is 0 Å². The minimum Gasteiger partial charge on any atom is -0.478 e. The molecule has 0 aliphatic heterocycles. The molecule has 0 fully saturated rings. The summed E-state index contributed by atoms with van der Waals surface area (Å²) in [5, 5.41) is 15.1. The minimum atomic E-state index is -1.02. The third-order valence-corrected chi connectivity index (χ3v) is 4.47. The summed E-state index contributed by atoms with van der Waals surface area (Å²) in [6.07, 6.45) is 2.04. The first-order valence-electron chi connectivity index (χ1n) is 9.06. The van der Waals surface area contributed by atoms with E-state index in [1.54, 1.807) is 6.07 Å². The standard InChI is InChI=1S/C20H24BrN3O4/c1-14(23-20(27)28-13-15-8-3-2-4-9-15)7-5-6-12-22-18-16(19(25)26)10-11-17(21)24-18/h2-4,8-11,14H,5-7,12-13H2,1H3,(H,22,24)(H,23,27)(H,25,26). The number of unbranched alkanes of at least 4 members (excludes halogenated alkanes) is 1. The number of carbonyl (C=O) groups is 2. The fraction of sp³-hybridized carbons (Fsp3) is 0.350. The molecule has 1 amide bonds. The van der Waals surface area contributed by atoms with Crippen LogP contribution in [0, 0.1) is 0 Å². The highest BCUT2D eigenvalue weighted by molar-refractivity contribution is 9.10. The van der Waals surface area contributed by atoms with E-state index in [0.29, 0.717) is 17.0 Å². The molecule has 150 valence electrons. The Kier molecular flexibility index (Phi) is 8.74. The molecule has 1 aromatic heterocycles.